The highest BCUT2D eigenvalue weighted by atomic mass is 35.5. The fourth-order valence-corrected chi connectivity index (χ4v) is 1.12. The van der Waals surface area contributed by atoms with Crippen molar-refractivity contribution in [1.29, 1.82) is 5.26 Å². The molecule has 18 heavy (non-hydrogen) atoms. The van der Waals surface area contributed by atoms with Crippen molar-refractivity contribution in [2.45, 2.75) is 0 Å². The molecule has 2 aromatic rings. The van der Waals surface area contributed by atoms with E-state index >= 15 is 0 Å². The monoisotopic (exact) mass is 279 g/mol. The summed E-state index contributed by atoms with van der Waals surface area (Å²) in [5.41, 5.74) is 1.07. The smallest absolute Gasteiger partial charge is 0.151 e. The summed E-state index contributed by atoms with van der Waals surface area (Å²) in [6, 6.07) is 8.32. The van der Waals surface area contributed by atoms with Crippen LogP contribution in [0.4, 0.5) is 0 Å². The van der Waals surface area contributed by atoms with Gasteiger partial charge in [0.25, 0.3) is 0 Å². The molecule has 0 spiro atoms. The standard InChI is InChI=1S/C6H3ClN2.C6H4ClNO/c7-6-2-1-5(3-8)4-9-6;7-6-2-1-5(4-9)3-8-6/h1-2,4H;1-4H. The molecule has 0 N–H and O–H groups in total. The second kappa shape index (κ2) is 7.38. The Bertz CT molecular complexity index is 547. The first-order chi connectivity index (χ1) is 8.65. The number of halogens is 2. The average molecular weight is 280 g/mol. The second-order valence-corrected chi connectivity index (χ2v) is 3.79. The highest BCUT2D eigenvalue weighted by Gasteiger charge is 1.88. The first-order valence-electron chi connectivity index (χ1n) is 4.74. The van der Waals surface area contributed by atoms with Crippen LogP contribution in [0.5, 0.6) is 0 Å². The van der Waals surface area contributed by atoms with E-state index in [1.165, 1.54) is 12.4 Å². The fraction of sp³-hybridized carbons (Fsp3) is 0. The van der Waals surface area contributed by atoms with Crippen LogP contribution in [-0.4, -0.2) is 16.3 Å². The highest BCUT2D eigenvalue weighted by molar-refractivity contribution is 6.29. The Labute approximate surface area is 114 Å². The number of pyridine rings is 2. The zero-order valence-corrected chi connectivity index (χ0v) is 10.6. The fourth-order valence-electron chi connectivity index (χ4n) is 0.899. The van der Waals surface area contributed by atoms with Crippen molar-refractivity contribution >= 4 is 29.5 Å². The van der Waals surface area contributed by atoms with E-state index in [1.54, 1.807) is 24.3 Å². The Balaban J connectivity index is 0.000000180. The van der Waals surface area contributed by atoms with Gasteiger partial charge in [0, 0.05) is 18.0 Å². The van der Waals surface area contributed by atoms with Crippen molar-refractivity contribution in [3.8, 4) is 6.07 Å². The minimum absolute atomic E-state index is 0.403. The molecule has 2 aromatic heterocycles. The molecule has 0 aliphatic rings. The van der Waals surface area contributed by atoms with Gasteiger partial charge in [0.15, 0.2) is 6.29 Å². The zero-order chi connectivity index (χ0) is 13.4. The van der Waals surface area contributed by atoms with Gasteiger partial charge in [-0.25, -0.2) is 9.97 Å². The summed E-state index contributed by atoms with van der Waals surface area (Å²) in [7, 11) is 0. The van der Waals surface area contributed by atoms with Crippen molar-refractivity contribution in [1.82, 2.24) is 9.97 Å². The molecule has 0 aliphatic carbocycles. The summed E-state index contributed by atoms with van der Waals surface area (Å²) in [5.74, 6) is 0. The third-order valence-electron chi connectivity index (χ3n) is 1.74. The van der Waals surface area contributed by atoms with E-state index in [4.69, 9.17) is 28.5 Å². The molecule has 4 nitrogen and oxygen atoms in total. The van der Waals surface area contributed by atoms with Gasteiger partial charge in [-0.3, -0.25) is 4.79 Å². The van der Waals surface area contributed by atoms with Crippen molar-refractivity contribution < 1.29 is 4.79 Å². The Hall–Kier alpha value is -1.96. The van der Waals surface area contributed by atoms with Crippen LogP contribution in [0.3, 0.4) is 0 Å². The molecule has 0 aliphatic heterocycles. The summed E-state index contributed by atoms with van der Waals surface area (Å²) in [6.45, 7) is 0. The summed E-state index contributed by atoms with van der Waals surface area (Å²) < 4.78 is 0. The number of carbonyl (C=O) groups excluding carboxylic acids is 1. The predicted octanol–water partition coefficient (Wildman–Crippen LogP) is 3.15. The SMILES string of the molecule is N#Cc1ccc(Cl)nc1.O=Cc1ccc(Cl)nc1. The minimum atomic E-state index is 0.403. The normalized spacial score (nSPS) is 8.72. The third kappa shape index (κ3) is 4.91. The van der Waals surface area contributed by atoms with Crippen LogP contribution in [0.2, 0.25) is 10.3 Å². The van der Waals surface area contributed by atoms with E-state index < -0.39 is 0 Å². The van der Waals surface area contributed by atoms with Gasteiger partial charge in [-0.2, -0.15) is 5.26 Å². The summed E-state index contributed by atoms with van der Waals surface area (Å²) in [4.78, 5) is 17.4. The molecule has 0 unspecified atom stereocenters. The van der Waals surface area contributed by atoms with Gasteiger partial charge in [0.2, 0.25) is 0 Å². The lowest BCUT2D eigenvalue weighted by atomic mass is 10.3. The Morgan fingerprint density at radius 3 is 2.06 bits per heavy atom. The van der Waals surface area contributed by atoms with E-state index in [0.717, 1.165) is 6.29 Å². The van der Waals surface area contributed by atoms with E-state index in [1.807, 2.05) is 6.07 Å². The number of hydrogen-bond acceptors (Lipinski definition) is 4. The second-order valence-electron chi connectivity index (χ2n) is 3.01. The molecule has 6 heteroatoms. The predicted molar refractivity (Wildman–Crippen MR) is 68.6 cm³/mol. The van der Waals surface area contributed by atoms with E-state index in [2.05, 4.69) is 9.97 Å². The quantitative estimate of drug-likeness (QED) is 0.594. The summed E-state index contributed by atoms with van der Waals surface area (Å²) in [6.07, 6.45) is 3.58. The van der Waals surface area contributed by atoms with Crippen LogP contribution < -0.4 is 0 Å². The van der Waals surface area contributed by atoms with Gasteiger partial charge in [-0.15, -0.1) is 0 Å². The van der Waals surface area contributed by atoms with Gasteiger partial charge >= 0.3 is 0 Å². The van der Waals surface area contributed by atoms with E-state index in [-0.39, 0.29) is 0 Å². The molecular formula is C12H7Cl2N3O. The Morgan fingerprint density at radius 2 is 1.67 bits per heavy atom. The highest BCUT2D eigenvalue weighted by Crippen LogP contribution is 2.03. The lowest BCUT2D eigenvalue weighted by Gasteiger charge is -1.86. The van der Waals surface area contributed by atoms with Crippen molar-refractivity contribution in [2.75, 3.05) is 0 Å². The van der Waals surface area contributed by atoms with Crippen LogP contribution in [-0.2, 0) is 0 Å². The molecule has 0 amide bonds. The van der Waals surface area contributed by atoms with Gasteiger partial charge in [-0.1, -0.05) is 23.2 Å². The molecule has 0 saturated carbocycles. The number of nitrogens with zero attached hydrogens (tertiary/aromatic N) is 3. The maximum Gasteiger partial charge on any atom is 0.151 e. The number of rotatable bonds is 1. The lowest BCUT2D eigenvalue weighted by Crippen LogP contribution is -1.79. The molecule has 0 fully saturated rings. The zero-order valence-electron chi connectivity index (χ0n) is 9.05. The van der Waals surface area contributed by atoms with Crippen LogP contribution in [0.1, 0.15) is 15.9 Å². The molecule has 0 bridgehead atoms. The maximum atomic E-state index is 10.0. The maximum absolute atomic E-state index is 10.0. The largest absolute Gasteiger partial charge is 0.298 e. The lowest BCUT2D eigenvalue weighted by molar-refractivity contribution is 0.112. The average Bonchev–Trinajstić information content (AvgIpc) is 2.41. The summed E-state index contributed by atoms with van der Waals surface area (Å²) in [5, 5.41) is 9.11. The van der Waals surface area contributed by atoms with Crippen molar-refractivity contribution in [3.05, 3.63) is 58.1 Å². The molecular weight excluding hydrogens is 273 g/mol. The van der Waals surface area contributed by atoms with Crippen LogP contribution in [0, 0.1) is 11.3 Å². The molecule has 2 rings (SSSR count). The van der Waals surface area contributed by atoms with Gasteiger partial charge in [-0.05, 0) is 24.3 Å². The first kappa shape index (κ1) is 14.1. The van der Waals surface area contributed by atoms with Gasteiger partial charge in [0.1, 0.15) is 16.4 Å². The Morgan fingerprint density at radius 1 is 1.06 bits per heavy atom. The van der Waals surface area contributed by atoms with Crippen molar-refractivity contribution in [3.63, 3.8) is 0 Å². The van der Waals surface area contributed by atoms with Crippen molar-refractivity contribution in [2.24, 2.45) is 0 Å². The molecule has 2 heterocycles. The van der Waals surface area contributed by atoms with Crippen LogP contribution in [0.15, 0.2) is 36.7 Å². The molecule has 0 atom stereocenters. The molecule has 0 aromatic carbocycles. The third-order valence-corrected chi connectivity index (χ3v) is 2.19. The molecule has 90 valence electrons. The minimum Gasteiger partial charge on any atom is -0.298 e. The number of nitriles is 1. The number of hydrogen-bond donors (Lipinski definition) is 0. The molecule has 0 saturated heterocycles. The first-order valence-corrected chi connectivity index (χ1v) is 5.49. The number of carbonyl (C=O) groups is 1. The summed E-state index contributed by atoms with van der Waals surface area (Å²) >= 11 is 10.9. The topological polar surface area (TPSA) is 66.6 Å². The van der Waals surface area contributed by atoms with E-state index in [0.29, 0.717) is 21.4 Å². The van der Waals surface area contributed by atoms with E-state index in [9.17, 15) is 4.79 Å². The van der Waals surface area contributed by atoms with Gasteiger partial charge < -0.3 is 0 Å². The van der Waals surface area contributed by atoms with Crippen LogP contribution >= 0.6 is 23.2 Å². The Kier molecular flexibility index (Phi) is 5.78. The molecule has 0 radical (unpaired) electrons. The number of aldehydes is 1. The number of aromatic nitrogens is 2. The van der Waals surface area contributed by atoms with Gasteiger partial charge in [0.05, 0.1) is 5.56 Å². The van der Waals surface area contributed by atoms with Crippen LogP contribution in [0.25, 0.3) is 0 Å².